The lowest BCUT2D eigenvalue weighted by molar-refractivity contribution is 0.380. The maximum atomic E-state index is 13.5. The molecule has 0 aliphatic carbocycles. The highest BCUT2D eigenvalue weighted by Crippen LogP contribution is 2.18. The van der Waals surface area contributed by atoms with E-state index in [1.807, 2.05) is 6.07 Å². The van der Waals surface area contributed by atoms with E-state index < -0.39 is 0 Å². The Morgan fingerprint density at radius 3 is 2.53 bits per heavy atom. The van der Waals surface area contributed by atoms with Gasteiger partial charge in [0, 0.05) is 12.6 Å². The van der Waals surface area contributed by atoms with Crippen LogP contribution in [-0.4, -0.2) is 13.2 Å². The molecule has 2 nitrogen and oxygen atoms in total. The van der Waals surface area contributed by atoms with Crippen LogP contribution in [0.5, 0.6) is 5.75 Å². The van der Waals surface area contributed by atoms with E-state index in [1.54, 1.807) is 6.07 Å². The number of halogens is 1. The summed E-state index contributed by atoms with van der Waals surface area (Å²) in [7, 11) is 1.47. The first kappa shape index (κ1) is 14.0. The molecule has 0 aliphatic rings. The lowest BCUT2D eigenvalue weighted by atomic mass is 10.0. The van der Waals surface area contributed by atoms with E-state index in [0.717, 1.165) is 12.0 Å². The number of hydrogen-bond donors (Lipinski definition) is 1. The highest BCUT2D eigenvalue weighted by molar-refractivity contribution is 5.29. The minimum absolute atomic E-state index is 0.296. The maximum absolute atomic E-state index is 13.5. The Bertz CT molecular complexity index is 352. The Hall–Kier alpha value is -1.09. The zero-order chi connectivity index (χ0) is 12.8. The van der Waals surface area contributed by atoms with Crippen LogP contribution >= 0.6 is 0 Å². The van der Waals surface area contributed by atoms with Gasteiger partial charge in [-0.05, 0) is 30.0 Å². The van der Waals surface area contributed by atoms with Gasteiger partial charge in [-0.3, -0.25) is 0 Å². The predicted molar refractivity (Wildman–Crippen MR) is 68.7 cm³/mol. The quantitative estimate of drug-likeness (QED) is 0.822. The second-order valence-electron chi connectivity index (χ2n) is 4.61. The zero-order valence-electron chi connectivity index (χ0n) is 11.1. The van der Waals surface area contributed by atoms with Crippen molar-refractivity contribution in [2.24, 2.45) is 5.92 Å². The van der Waals surface area contributed by atoms with Crippen LogP contribution < -0.4 is 10.1 Å². The van der Waals surface area contributed by atoms with Crippen molar-refractivity contribution < 1.29 is 9.13 Å². The summed E-state index contributed by atoms with van der Waals surface area (Å²) in [6.45, 7) is 7.23. The largest absolute Gasteiger partial charge is 0.494 e. The van der Waals surface area contributed by atoms with Crippen LogP contribution in [0.2, 0.25) is 0 Å². The standard InChI is InChI=1S/C14H22FNO/c1-5-13(10(2)3)16-9-11-6-7-14(17-4)12(15)8-11/h6-8,10,13,16H,5,9H2,1-4H3. The first-order valence-corrected chi connectivity index (χ1v) is 6.14. The number of hydrogen-bond acceptors (Lipinski definition) is 2. The summed E-state index contributed by atoms with van der Waals surface area (Å²) >= 11 is 0. The van der Waals surface area contributed by atoms with Crippen LogP contribution in [0.15, 0.2) is 18.2 Å². The summed E-state index contributed by atoms with van der Waals surface area (Å²) in [6.07, 6.45) is 1.08. The van der Waals surface area contributed by atoms with Gasteiger partial charge in [-0.15, -0.1) is 0 Å². The van der Waals surface area contributed by atoms with E-state index in [1.165, 1.54) is 13.2 Å². The van der Waals surface area contributed by atoms with Gasteiger partial charge in [0.25, 0.3) is 0 Å². The SMILES string of the molecule is CCC(NCc1ccc(OC)c(F)c1)C(C)C. The van der Waals surface area contributed by atoms with Gasteiger partial charge in [0.2, 0.25) is 0 Å². The topological polar surface area (TPSA) is 21.3 Å². The number of benzene rings is 1. The van der Waals surface area contributed by atoms with Gasteiger partial charge >= 0.3 is 0 Å². The van der Waals surface area contributed by atoms with E-state index >= 15 is 0 Å². The molecule has 17 heavy (non-hydrogen) atoms. The van der Waals surface area contributed by atoms with E-state index in [9.17, 15) is 4.39 Å². The van der Waals surface area contributed by atoms with Crippen molar-refractivity contribution in [3.05, 3.63) is 29.6 Å². The molecule has 0 saturated heterocycles. The second kappa shape index (κ2) is 6.60. The number of ether oxygens (including phenoxy) is 1. The summed E-state index contributed by atoms with van der Waals surface area (Å²) in [5, 5.41) is 3.44. The fourth-order valence-electron chi connectivity index (χ4n) is 1.92. The third kappa shape index (κ3) is 4.00. The van der Waals surface area contributed by atoms with E-state index in [2.05, 4.69) is 26.1 Å². The van der Waals surface area contributed by atoms with Crippen LogP contribution in [0.25, 0.3) is 0 Å². The molecule has 0 heterocycles. The smallest absolute Gasteiger partial charge is 0.165 e. The van der Waals surface area contributed by atoms with Gasteiger partial charge in [0.15, 0.2) is 11.6 Å². The van der Waals surface area contributed by atoms with Crippen molar-refractivity contribution in [1.82, 2.24) is 5.32 Å². The number of nitrogens with one attached hydrogen (secondary N) is 1. The highest BCUT2D eigenvalue weighted by Gasteiger charge is 2.10. The summed E-state index contributed by atoms with van der Waals surface area (Å²) in [5.74, 6) is 0.581. The van der Waals surface area contributed by atoms with Gasteiger partial charge < -0.3 is 10.1 Å². The van der Waals surface area contributed by atoms with Crippen LogP contribution in [0.4, 0.5) is 4.39 Å². The van der Waals surface area contributed by atoms with Gasteiger partial charge in [0.1, 0.15) is 0 Å². The molecule has 0 fully saturated rings. The molecule has 3 heteroatoms. The minimum atomic E-state index is -0.301. The summed E-state index contributed by atoms with van der Waals surface area (Å²) < 4.78 is 18.4. The van der Waals surface area contributed by atoms with E-state index in [-0.39, 0.29) is 5.82 Å². The Morgan fingerprint density at radius 1 is 1.35 bits per heavy atom. The molecule has 0 saturated carbocycles. The highest BCUT2D eigenvalue weighted by atomic mass is 19.1. The monoisotopic (exact) mass is 239 g/mol. The molecule has 96 valence electrons. The molecule has 1 unspecified atom stereocenters. The Labute approximate surface area is 103 Å². The first-order valence-electron chi connectivity index (χ1n) is 6.14. The van der Waals surface area contributed by atoms with Crippen molar-refractivity contribution in [3.8, 4) is 5.75 Å². The van der Waals surface area contributed by atoms with Gasteiger partial charge in [-0.1, -0.05) is 26.8 Å². The molecular formula is C14H22FNO. The van der Waals surface area contributed by atoms with Crippen LogP contribution in [0, 0.1) is 11.7 Å². The third-order valence-corrected chi connectivity index (χ3v) is 3.03. The summed E-state index contributed by atoms with van der Waals surface area (Å²) in [4.78, 5) is 0. The van der Waals surface area contributed by atoms with Crippen LogP contribution in [-0.2, 0) is 6.54 Å². The zero-order valence-corrected chi connectivity index (χ0v) is 11.1. The molecule has 1 aromatic rings. The van der Waals surface area contributed by atoms with Gasteiger partial charge in [0.05, 0.1) is 7.11 Å². The van der Waals surface area contributed by atoms with E-state index in [4.69, 9.17) is 4.74 Å². The molecule has 0 aliphatic heterocycles. The second-order valence-corrected chi connectivity index (χ2v) is 4.61. The van der Waals surface area contributed by atoms with Crippen molar-refractivity contribution in [3.63, 3.8) is 0 Å². The van der Waals surface area contributed by atoms with Gasteiger partial charge in [-0.25, -0.2) is 4.39 Å². The van der Waals surface area contributed by atoms with Crippen molar-refractivity contribution in [2.75, 3.05) is 7.11 Å². The molecule has 1 rings (SSSR count). The normalized spacial score (nSPS) is 12.8. The van der Waals surface area contributed by atoms with Crippen molar-refractivity contribution >= 4 is 0 Å². The van der Waals surface area contributed by atoms with Crippen molar-refractivity contribution in [1.29, 1.82) is 0 Å². The molecule has 0 radical (unpaired) electrons. The lowest BCUT2D eigenvalue weighted by Gasteiger charge is -2.20. The minimum Gasteiger partial charge on any atom is -0.494 e. The number of methoxy groups -OCH3 is 1. The fraction of sp³-hybridized carbons (Fsp3) is 0.571. The Morgan fingerprint density at radius 2 is 2.06 bits per heavy atom. The first-order chi connectivity index (χ1) is 8.08. The predicted octanol–water partition coefficient (Wildman–Crippen LogP) is 3.36. The average Bonchev–Trinajstić information content (AvgIpc) is 2.29. The Kier molecular flexibility index (Phi) is 5.42. The molecule has 1 atom stereocenters. The fourth-order valence-corrected chi connectivity index (χ4v) is 1.92. The molecule has 0 bridgehead atoms. The number of rotatable bonds is 6. The average molecular weight is 239 g/mol. The molecule has 0 aromatic heterocycles. The van der Waals surface area contributed by atoms with E-state index in [0.29, 0.717) is 24.3 Å². The Balaban J connectivity index is 2.60. The molecule has 1 N–H and O–H groups in total. The lowest BCUT2D eigenvalue weighted by Crippen LogP contribution is -2.32. The summed E-state index contributed by atoms with van der Waals surface area (Å²) in [5.41, 5.74) is 0.947. The maximum Gasteiger partial charge on any atom is 0.165 e. The van der Waals surface area contributed by atoms with Gasteiger partial charge in [-0.2, -0.15) is 0 Å². The molecule has 0 amide bonds. The van der Waals surface area contributed by atoms with Crippen LogP contribution in [0.1, 0.15) is 32.8 Å². The molecule has 1 aromatic carbocycles. The van der Waals surface area contributed by atoms with Crippen molar-refractivity contribution in [2.45, 2.75) is 39.8 Å². The summed E-state index contributed by atoms with van der Waals surface area (Å²) in [6, 6.07) is 5.56. The molecular weight excluding hydrogens is 217 g/mol. The third-order valence-electron chi connectivity index (χ3n) is 3.03. The molecule has 0 spiro atoms. The van der Waals surface area contributed by atoms with Crippen LogP contribution in [0.3, 0.4) is 0 Å².